The van der Waals surface area contributed by atoms with E-state index >= 15 is 0 Å². The van der Waals surface area contributed by atoms with Crippen LogP contribution in [0.1, 0.15) is 12.0 Å². The van der Waals surface area contributed by atoms with Crippen molar-refractivity contribution in [3.05, 3.63) is 35.9 Å². The average molecular weight is 356 g/mol. The van der Waals surface area contributed by atoms with Gasteiger partial charge < -0.3 is 19.7 Å². The Morgan fingerprint density at radius 3 is 2.75 bits per heavy atom. The summed E-state index contributed by atoms with van der Waals surface area (Å²) in [7, 11) is 0. The van der Waals surface area contributed by atoms with E-state index in [2.05, 4.69) is 0 Å². The number of benzene rings is 1. The topological polar surface area (TPSA) is 79.2 Å². The summed E-state index contributed by atoms with van der Waals surface area (Å²) in [6.07, 6.45) is -1.21. The van der Waals surface area contributed by atoms with E-state index in [9.17, 15) is 15.0 Å². The van der Waals surface area contributed by atoms with Gasteiger partial charge in [0.05, 0.1) is 37.3 Å². The van der Waals surface area contributed by atoms with Crippen LogP contribution in [0.15, 0.2) is 30.3 Å². The zero-order valence-corrected chi connectivity index (χ0v) is 14.0. The molecule has 7 heteroatoms. The van der Waals surface area contributed by atoms with Crippen LogP contribution in [0.3, 0.4) is 0 Å². The molecule has 6 nitrogen and oxygen atoms in total. The Bertz CT molecular complexity index is 557. The zero-order valence-electron chi connectivity index (χ0n) is 13.3. The molecule has 2 N–H and O–H groups in total. The van der Waals surface area contributed by atoms with Gasteiger partial charge in [-0.3, -0.25) is 4.90 Å². The highest BCUT2D eigenvalue weighted by Gasteiger charge is 2.48. The summed E-state index contributed by atoms with van der Waals surface area (Å²) in [4.78, 5) is 13.3. The molecule has 1 aromatic rings. The molecule has 2 aliphatic heterocycles. The lowest BCUT2D eigenvalue weighted by Gasteiger charge is -2.37. The first-order chi connectivity index (χ1) is 11.6. The minimum absolute atomic E-state index is 0.00176. The summed E-state index contributed by atoms with van der Waals surface area (Å²) in [6.45, 7) is 0.850. The van der Waals surface area contributed by atoms with E-state index in [1.165, 1.54) is 4.90 Å². The number of carboxylic acid groups (broad SMARTS) is 1. The van der Waals surface area contributed by atoms with Gasteiger partial charge in [-0.05, 0) is 18.4 Å². The third-order valence-corrected chi connectivity index (χ3v) is 5.15. The maximum Gasteiger partial charge on any atom is 0.407 e. The van der Waals surface area contributed by atoms with Crippen LogP contribution < -0.4 is 0 Å². The SMILES string of the molecule is O=C(O)N([C@H]1CO[C@H]2OCC[C@H]21)[C@@H](Cc1ccccc1)[C@@H](O)CCl. The number of aliphatic hydroxyl groups is 1. The van der Waals surface area contributed by atoms with E-state index in [-0.39, 0.29) is 30.7 Å². The molecule has 5 atom stereocenters. The molecule has 132 valence electrons. The fourth-order valence-electron chi connectivity index (χ4n) is 3.64. The van der Waals surface area contributed by atoms with Gasteiger partial charge in [-0.15, -0.1) is 11.6 Å². The molecule has 0 aliphatic carbocycles. The van der Waals surface area contributed by atoms with Crippen LogP contribution in [0.25, 0.3) is 0 Å². The second-order valence-electron chi connectivity index (χ2n) is 6.26. The summed E-state index contributed by atoms with van der Waals surface area (Å²) >= 11 is 5.85. The first kappa shape index (κ1) is 17.5. The fourth-order valence-corrected chi connectivity index (χ4v) is 3.84. The number of hydrogen-bond acceptors (Lipinski definition) is 4. The Morgan fingerprint density at radius 2 is 2.08 bits per heavy atom. The van der Waals surface area contributed by atoms with E-state index in [1.807, 2.05) is 30.3 Å². The number of amides is 1. The first-order valence-corrected chi connectivity index (χ1v) is 8.67. The Morgan fingerprint density at radius 1 is 1.33 bits per heavy atom. The van der Waals surface area contributed by atoms with Gasteiger partial charge in [0.2, 0.25) is 0 Å². The normalized spacial score (nSPS) is 28.3. The molecule has 0 bridgehead atoms. The Kier molecular flexibility index (Phi) is 5.61. The minimum Gasteiger partial charge on any atom is -0.465 e. The lowest BCUT2D eigenvalue weighted by molar-refractivity contribution is -0.0906. The van der Waals surface area contributed by atoms with Crippen LogP contribution in [0.5, 0.6) is 0 Å². The van der Waals surface area contributed by atoms with Crippen molar-refractivity contribution < 1.29 is 24.5 Å². The highest BCUT2D eigenvalue weighted by molar-refractivity contribution is 6.18. The standard InChI is InChI=1S/C17H22ClNO5/c18-9-15(20)13(8-11-4-2-1-3-5-11)19(17(21)22)14-10-24-16-12(14)6-7-23-16/h1-5,12-16,20H,6-10H2,(H,21,22)/t12-,13-,14-,15-,16+/m0/s1. The van der Waals surface area contributed by atoms with E-state index in [0.29, 0.717) is 13.0 Å². The van der Waals surface area contributed by atoms with Crippen molar-refractivity contribution in [3.63, 3.8) is 0 Å². The largest absolute Gasteiger partial charge is 0.465 e. The van der Waals surface area contributed by atoms with Crippen LogP contribution >= 0.6 is 11.6 Å². The molecular formula is C17H22ClNO5. The second-order valence-corrected chi connectivity index (χ2v) is 6.57. The Hall–Kier alpha value is -1.34. The molecule has 2 heterocycles. The van der Waals surface area contributed by atoms with E-state index in [0.717, 1.165) is 12.0 Å². The molecule has 3 rings (SSSR count). The Labute approximate surface area is 145 Å². The van der Waals surface area contributed by atoms with E-state index in [1.54, 1.807) is 0 Å². The number of aliphatic hydroxyl groups excluding tert-OH is 1. The number of nitrogens with zero attached hydrogens (tertiary/aromatic N) is 1. The molecule has 0 radical (unpaired) electrons. The molecule has 2 aliphatic rings. The van der Waals surface area contributed by atoms with Gasteiger partial charge in [0.25, 0.3) is 0 Å². The van der Waals surface area contributed by atoms with Gasteiger partial charge in [-0.2, -0.15) is 0 Å². The molecule has 0 unspecified atom stereocenters. The lowest BCUT2D eigenvalue weighted by atomic mass is 9.94. The first-order valence-electron chi connectivity index (χ1n) is 8.14. The lowest BCUT2D eigenvalue weighted by Crippen LogP contribution is -2.55. The van der Waals surface area contributed by atoms with Gasteiger partial charge in [-0.1, -0.05) is 30.3 Å². The predicted molar refractivity (Wildman–Crippen MR) is 88.1 cm³/mol. The second kappa shape index (κ2) is 7.70. The summed E-state index contributed by atoms with van der Waals surface area (Å²) in [5.41, 5.74) is 0.955. The number of fused-ring (bicyclic) bond motifs is 1. The number of alkyl halides is 1. The van der Waals surface area contributed by atoms with Crippen molar-refractivity contribution in [3.8, 4) is 0 Å². The smallest absolute Gasteiger partial charge is 0.407 e. The molecule has 0 aromatic heterocycles. The summed E-state index contributed by atoms with van der Waals surface area (Å²) < 4.78 is 11.1. The van der Waals surface area contributed by atoms with Gasteiger partial charge in [0.1, 0.15) is 0 Å². The molecular weight excluding hydrogens is 334 g/mol. The van der Waals surface area contributed by atoms with Crippen LogP contribution in [0.2, 0.25) is 0 Å². The van der Waals surface area contributed by atoms with Crippen molar-refractivity contribution in [2.75, 3.05) is 19.1 Å². The highest BCUT2D eigenvalue weighted by atomic mass is 35.5. The molecule has 2 fully saturated rings. The Balaban J connectivity index is 1.85. The highest BCUT2D eigenvalue weighted by Crippen LogP contribution is 2.36. The zero-order chi connectivity index (χ0) is 17.1. The van der Waals surface area contributed by atoms with Crippen LogP contribution in [-0.2, 0) is 15.9 Å². The average Bonchev–Trinajstić information content (AvgIpc) is 3.19. The summed E-state index contributed by atoms with van der Waals surface area (Å²) in [5, 5.41) is 20.2. The van der Waals surface area contributed by atoms with Gasteiger partial charge in [0.15, 0.2) is 6.29 Å². The van der Waals surface area contributed by atoms with Crippen molar-refractivity contribution in [1.82, 2.24) is 4.90 Å². The molecule has 1 aromatic carbocycles. The summed E-state index contributed by atoms with van der Waals surface area (Å²) in [5.74, 6) is -0.0266. The number of rotatable bonds is 6. The molecule has 0 saturated carbocycles. The quantitative estimate of drug-likeness (QED) is 0.762. The maximum atomic E-state index is 12.0. The number of ether oxygens (including phenoxy) is 2. The number of carbonyl (C=O) groups is 1. The van der Waals surface area contributed by atoms with E-state index < -0.39 is 18.2 Å². The maximum absolute atomic E-state index is 12.0. The van der Waals surface area contributed by atoms with Gasteiger partial charge in [-0.25, -0.2) is 4.79 Å². The summed E-state index contributed by atoms with van der Waals surface area (Å²) in [6, 6.07) is 8.56. The van der Waals surface area contributed by atoms with Crippen molar-refractivity contribution in [2.24, 2.45) is 5.92 Å². The third kappa shape index (κ3) is 3.52. The minimum atomic E-state index is -1.07. The monoisotopic (exact) mass is 355 g/mol. The van der Waals surface area contributed by atoms with Crippen LogP contribution in [-0.4, -0.2) is 64.8 Å². The number of halogens is 1. The van der Waals surface area contributed by atoms with Crippen molar-refractivity contribution >= 4 is 17.7 Å². The number of hydrogen-bond donors (Lipinski definition) is 2. The van der Waals surface area contributed by atoms with Gasteiger partial charge in [0, 0.05) is 5.92 Å². The fraction of sp³-hybridized carbons (Fsp3) is 0.588. The van der Waals surface area contributed by atoms with Crippen molar-refractivity contribution in [1.29, 1.82) is 0 Å². The molecule has 2 saturated heterocycles. The molecule has 0 spiro atoms. The van der Waals surface area contributed by atoms with Gasteiger partial charge >= 0.3 is 6.09 Å². The molecule has 1 amide bonds. The third-order valence-electron chi connectivity index (χ3n) is 4.83. The van der Waals surface area contributed by atoms with Crippen LogP contribution in [0, 0.1) is 5.92 Å². The van der Waals surface area contributed by atoms with Crippen LogP contribution in [0.4, 0.5) is 4.79 Å². The predicted octanol–water partition coefficient (Wildman–Crippen LogP) is 1.94. The van der Waals surface area contributed by atoms with E-state index in [4.69, 9.17) is 21.1 Å². The molecule has 24 heavy (non-hydrogen) atoms. The van der Waals surface area contributed by atoms with Crippen molar-refractivity contribution in [2.45, 2.75) is 37.3 Å².